The first kappa shape index (κ1) is 19.7. The monoisotopic (exact) mass is 463 g/mol. The van der Waals surface area contributed by atoms with Crippen LogP contribution in [-0.2, 0) is 5.75 Å². The Morgan fingerprint density at radius 2 is 1.96 bits per heavy atom. The number of ether oxygens (including phenoxy) is 1. The lowest BCUT2D eigenvalue weighted by molar-refractivity contribution is 0.102. The summed E-state index contributed by atoms with van der Waals surface area (Å²) in [7, 11) is 1.55. The van der Waals surface area contributed by atoms with Crippen molar-refractivity contribution in [1.82, 2.24) is 9.97 Å². The second-order valence-electron chi connectivity index (χ2n) is 5.38. The second kappa shape index (κ2) is 9.21. The van der Waals surface area contributed by atoms with Crippen molar-refractivity contribution < 1.29 is 9.53 Å². The van der Waals surface area contributed by atoms with Crippen LogP contribution in [-0.4, -0.2) is 23.0 Å². The molecule has 1 aromatic heterocycles. The Bertz CT molecular complexity index is 971. The number of thioether (sulfide) groups is 1. The van der Waals surface area contributed by atoms with Crippen LogP contribution in [0.5, 0.6) is 5.75 Å². The third-order valence-corrected chi connectivity index (χ3v) is 5.47. The first-order valence-corrected chi connectivity index (χ1v) is 10.1. The molecule has 0 unspecified atom stereocenters. The fourth-order valence-corrected chi connectivity index (χ4v) is 3.74. The standard InChI is InChI=1S/C19H15BrClN3O2S/c1-26-16-9-5-4-8-15(16)23-18(25)17-13(20)10-22-19(24-17)27-11-12-6-2-3-7-14(12)21/h2-10H,11H2,1H3,(H,23,25). The van der Waals surface area contributed by atoms with E-state index in [1.807, 2.05) is 36.4 Å². The fourth-order valence-electron chi connectivity index (χ4n) is 2.27. The first-order chi connectivity index (χ1) is 13.1. The Kier molecular flexibility index (Phi) is 6.71. The molecule has 0 aliphatic carbocycles. The predicted molar refractivity (Wildman–Crippen MR) is 112 cm³/mol. The van der Waals surface area contributed by atoms with Crippen LogP contribution < -0.4 is 10.1 Å². The summed E-state index contributed by atoms with van der Waals surface area (Å²) in [6, 6.07) is 14.8. The summed E-state index contributed by atoms with van der Waals surface area (Å²) in [4.78, 5) is 21.3. The zero-order chi connectivity index (χ0) is 19.2. The first-order valence-electron chi connectivity index (χ1n) is 7.91. The Hall–Kier alpha value is -2.09. The van der Waals surface area contributed by atoms with Crippen LogP contribution in [0, 0.1) is 0 Å². The van der Waals surface area contributed by atoms with Crippen molar-refractivity contribution in [2.75, 3.05) is 12.4 Å². The van der Waals surface area contributed by atoms with Gasteiger partial charge in [0, 0.05) is 17.0 Å². The number of methoxy groups -OCH3 is 1. The summed E-state index contributed by atoms with van der Waals surface area (Å²) in [5.74, 6) is 0.826. The van der Waals surface area contributed by atoms with E-state index in [1.54, 1.807) is 25.4 Å². The average molecular weight is 465 g/mol. The normalized spacial score (nSPS) is 10.5. The number of para-hydroxylation sites is 2. The van der Waals surface area contributed by atoms with Gasteiger partial charge in [0.15, 0.2) is 5.16 Å². The molecule has 0 aliphatic heterocycles. The third kappa shape index (κ3) is 5.00. The number of hydrogen-bond acceptors (Lipinski definition) is 5. The number of benzene rings is 2. The zero-order valence-electron chi connectivity index (χ0n) is 14.3. The number of carbonyl (C=O) groups excluding carboxylic acids is 1. The molecule has 5 nitrogen and oxygen atoms in total. The van der Waals surface area contributed by atoms with E-state index in [2.05, 4.69) is 31.2 Å². The SMILES string of the molecule is COc1ccccc1NC(=O)c1nc(SCc2ccccc2Cl)ncc1Br. The van der Waals surface area contributed by atoms with Crippen molar-refractivity contribution >= 4 is 50.9 Å². The minimum Gasteiger partial charge on any atom is -0.495 e. The van der Waals surface area contributed by atoms with Gasteiger partial charge in [-0.1, -0.05) is 53.7 Å². The molecule has 1 heterocycles. The number of amides is 1. The van der Waals surface area contributed by atoms with Gasteiger partial charge < -0.3 is 10.1 Å². The summed E-state index contributed by atoms with van der Waals surface area (Å²) in [6.07, 6.45) is 1.57. The average Bonchev–Trinajstić information content (AvgIpc) is 2.68. The van der Waals surface area contributed by atoms with E-state index in [0.29, 0.717) is 31.8 Å². The van der Waals surface area contributed by atoms with Crippen molar-refractivity contribution in [1.29, 1.82) is 0 Å². The lowest BCUT2D eigenvalue weighted by atomic mass is 10.2. The van der Waals surface area contributed by atoms with E-state index in [4.69, 9.17) is 16.3 Å². The number of nitrogens with one attached hydrogen (secondary N) is 1. The topological polar surface area (TPSA) is 64.1 Å². The van der Waals surface area contributed by atoms with Gasteiger partial charge in [-0.15, -0.1) is 0 Å². The molecule has 0 atom stereocenters. The van der Waals surface area contributed by atoms with Crippen LogP contribution >= 0.6 is 39.3 Å². The number of carbonyl (C=O) groups is 1. The highest BCUT2D eigenvalue weighted by Crippen LogP contribution is 2.27. The molecule has 0 aliphatic rings. The molecule has 2 aromatic carbocycles. The second-order valence-corrected chi connectivity index (χ2v) is 7.59. The molecule has 0 saturated carbocycles. The summed E-state index contributed by atoms with van der Waals surface area (Å²) < 4.78 is 5.77. The van der Waals surface area contributed by atoms with Crippen LogP contribution in [0.25, 0.3) is 0 Å². The van der Waals surface area contributed by atoms with Crippen LogP contribution in [0.3, 0.4) is 0 Å². The maximum atomic E-state index is 12.7. The van der Waals surface area contributed by atoms with Crippen molar-refractivity contribution in [3.63, 3.8) is 0 Å². The highest BCUT2D eigenvalue weighted by atomic mass is 79.9. The number of rotatable bonds is 6. The molecule has 0 spiro atoms. The fraction of sp³-hybridized carbons (Fsp3) is 0.105. The van der Waals surface area contributed by atoms with Crippen molar-refractivity contribution in [2.45, 2.75) is 10.9 Å². The Morgan fingerprint density at radius 1 is 1.22 bits per heavy atom. The molecule has 3 rings (SSSR count). The quantitative estimate of drug-likeness (QED) is 0.388. The van der Waals surface area contributed by atoms with Gasteiger partial charge in [-0.3, -0.25) is 4.79 Å². The molecule has 1 N–H and O–H groups in total. The highest BCUT2D eigenvalue weighted by molar-refractivity contribution is 9.10. The lowest BCUT2D eigenvalue weighted by Gasteiger charge is -2.11. The number of anilines is 1. The van der Waals surface area contributed by atoms with E-state index in [0.717, 1.165) is 5.56 Å². The summed E-state index contributed by atoms with van der Waals surface area (Å²) in [5.41, 5.74) is 1.80. The highest BCUT2D eigenvalue weighted by Gasteiger charge is 2.16. The third-order valence-electron chi connectivity index (χ3n) is 3.61. The molecular formula is C19H15BrClN3O2S. The molecule has 1 amide bonds. The number of nitrogens with zero attached hydrogens (tertiary/aromatic N) is 2. The minimum atomic E-state index is -0.353. The Labute approximate surface area is 174 Å². The van der Waals surface area contributed by atoms with Crippen LogP contribution in [0.15, 0.2) is 64.4 Å². The van der Waals surface area contributed by atoms with Gasteiger partial charge in [-0.25, -0.2) is 9.97 Å². The summed E-state index contributed by atoms with van der Waals surface area (Å²) in [5, 5.41) is 3.99. The van der Waals surface area contributed by atoms with Crippen molar-refractivity contribution in [3.8, 4) is 5.75 Å². The largest absolute Gasteiger partial charge is 0.495 e. The summed E-state index contributed by atoms with van der Waals surface area (Å²) in [6.45, 7) is 0. The van der Waals surface area contributed by atoms with E-state index in [-0.39, 0.29) is 11.6 Å². The molecular weight excluding hydrogens is 450 g/mol. The van der Waals surface area contributed by atoms with Crippen LogP contribution in [0.4, 0.5) is 5.69 Å². The van der Waals surface area contributed by atoms with Gasteiger partial charge in [0.25, 0.3) is 5.91 Å². The molecule has 0 bridgehead atoms. The van der Waals surface area contributed by atoms with Crippen LogP contribution in [0.1, 0.15) is 16.1 Å². The predicted octanol–water partition coefficient (Wildman–Crippen LogP) is 5.45. The molecule has 3 aromatic rings. The number of halogens is 2. The molecule has 0 radical (unpaired) electrons. The van der Waals surface area contributed by atoms with E-state index < -0.39 is 0 Å². The van der Waals surface area contributed by atoms with Gasteiger partial charge >= 0.3 is 0 Å². The van der Waals surface area contributed by atoms with E-state index >= 15 is 0 Å². The van der Waals surface area contributed by atoms with Gasteiger partial charge in [0.1, 0.15) is 11.4 Å². The lowest BCUT2D eigenvalue weighted by Crippen LogP contribution is -2.15. The Morgan fingerprint density at radius 3 is 2.74 bits per heavy atom. The van der Waals surface area contributed by atoms with Crippen molar-refractivity contribution in [2.24, 2.45) is 0 Å². The van der Waals surface area contributed by atoms with Crippen LogP contribution in [0.2, 0.25) is 5.02 Å². The number of aromatic nitrogens is 2. The molecule has 0 fully saturated rings. The maximum absolute atomic E-state index is 12.7. The van der Waals surface area contributed by atoms with Crippen molar-refractivity contribution in [3.05, 3.63) is 75.5 Å². The zero-order valence-corrected chi connectivity index (χ0v) is 17.4. The summed E-state index contributed by atoms with van der Waals surface area (Å²) >= 11 is 10.9. The van der Waals surface area contributed by atoms with E-state index in [9.17, 15) is 4.79 Å². The van der Waals surface area contributed by atoms with E-state index in [1.165, 1.54) is 11.8 Å². The Balaban J connectivity index is 1.76. The molecule has 8 heteroatoms. The minimum absolute atomic E-state index is 0.248. The van der Waals surface area contributed by atoms with Gasteiger partial charge in [-0.05, 0) is 39.7 Å². The maximum Gasteiger partial charge on any atom is 0.275 e. The number of hydrogen-bond donors (Lipinski definition) is 1. The van der Waals surface area contributed by atoms with Gasteiger partial charge in [-0.2, -0.15) is 0 Å². The smallest absolute Gasteiger partial charge is 0.275 e. The van der Waals surface area contributed by atoms with Gasteiger partial charge in [0.05, 0.1) is 17.3 Å². The van der Waals surface area contributed by atoms with Gasteiger partial charge in [0.2, 0.25) is 0 Å². The molecule has 138 valence electrons. The molecule has 0 saturated heterocycles. The molecule has 27 heavy (non-hydrogen) atoms.